The third-order valence-electron chi connectivity index (χ3n) is 4.08. The van der Waals surface area contributed by atoms with Gasteiger partial charge >= 0.3 is 0 Å². The number of rotatable bonds is 7. The van der Waals surface area contributed by atoms with Gasteiger partial charge < -0.3 is 5.11 Å². The normalized spacial score (nSPS) is 15.3. The molecule has 11 heteroatoms. The molecule has 1 fully saturated rings. The van der Waals surface area contributed by atoms with Crippen LogP contribution in [0.5, 0.6) is 0 Å². The molecular formula is C19H14Cl2N2O5S2. The Bertz CT molecular complexity index is 1040. The van der Waals surface area contributed by atoms with E-state index in [1.54, 1.807) is 30.3 Å². The minimum atomic E-state index is -0.526. The molecule has 0 unspecified atom stereocenters. The molecule has 1 saturated heterocycles. The molecule has 2 aromatic carbocycles. The zero-order valence-electron chi connectivity index (χ0n) is 15.2. The van der Waals surface area contributed by atoms with Gasteiger partial charge in [0.05, 0.1) is 27.9 Å². The van der Waals surface area contributed by atoms with Crippen molar-refractivity contribution < 1.29 is 19.6 Å². The average molecular weight is 485 g/mol. The molecule has 30 heavy (non-hydrogen) atoms. The van der Waals surface area contributed by atoms with Crippen molar-refractivity contribution in [3.63, 3.8) is 0 Å². The zero-order chi connectivity index (χ0) is 21.8. The highest BCUT2D eigenvalue weighted by Gasteiger charge is 2.35. The number of hydrogen-bond acceptors (Lipinski definition) is 7. The van der Waals surface area contributed by atoms with E-state index in [9.17, 15) is 19.7 Å². The van der Waals surface area contributed by atoms with Crippen molar-refractivity contribution in [1.29, 1.82) is 0 Å². The Morgan fingerprint density at radius 1 is 1.20 bits per heavy atom. The van der Waals surface area contributed by atoms with Crippen LogP contribution in [0.3, 0.4) is 0 Å². The molecule has 156 valence electrons. The van der Waals surface area contributed by atoms with Crippen molar-refractivity contribution >= 4 is 69.6 Å². The Morgan fingerprint density at radius 3 is 2.53 bits per heavy atom. The summed E-state index contributed by atoms with van der Waals surface area (Å²) in [6.45, 7) is -0.177. The average Bonchev–Trinajstić information content (AvgIpc) is 2.96. The number of nitrogens with zero attached hydrogens (tertiary/aromatic N) is 2. The second-order valence-electron chi connectivity index (χ2n) is 6.02. The standard InChI is InChI=1S/C19H14Cl2N2O5S2/c20-13-2-1-3-14(21)12(13)10-22-18(25)17(30-19(22)26)9-11-4-5-16(29-7-6-24)15(8-11)23(27)28/h1-5,8-9,24H,6-7,10H2. The van der Waals surface area contributed by atoms with Crippen molar-refractivity contribution in [3.8, 4) is 0 Å². The molecule has 0 saturated carbocycles. The summed E-state index contributed by atoms with van der Waals surface area (Å²) in [6, 6.07) is 9.40. The Labute approximate surface area is 190 Å². The van der Waals surface area contributed by atoms with E-state index in [4.69, 9.17) is 28.3 Å². The largest absolute Gasteiger partial charge is 0.396 e. The van der Waals surface area contributed by atoms with Crippen LogP contribution in [0.15, 0.2) is 46.2 Å². The van der Waals surface area contributed by atoms with Crippen LogP contribution in [-0.2, 0) is 11.3 Å². The molecule has 2 amide bonds. The van der Waals surface area contributed by atoms with E-state index in [2.05, 4.69) is 0 Å². The predicted molar refractivity (Wildman–Crippen MR) is 119 cm³/mol. The second kappa shape index (κ2) is 9.84. The molecule has 3 rings (SSSR count). The molecule has 1 aliphatic heterocycles. The number of hydrogen-bond donors (Lipinski definition) is 1. The molecule has 0 radical (unpaired) electrons. The van der Waals surface area contributed by atoms with Gasteiger partial charge in [-0.15, -0.1) is 11.8 Å². The SMILES string of the molecule is O=C1SC(=Cc2ccc(SCCO)c([N+](=O)[O-])c2)C(=O)N1Cc1c(Cl)cccc1Cl. The van der Waals surface area contributed by atoms with Gasteiger partial charge in [-0.05, 0) is 41.6 Å². The van der Waals surface area contributed by atoms with Crippen LogP contribution in [0.4, 0.5) is 10.5 Å². The summed E-state index contributed by atoms with van der Waals surface area (Å²) in [4.78, 5) is 37.5. The van der Waals surface area contributed by atoms with Gasteiger partial charge in [-0.2, -0.15) is 0 Å². The summed E-state index contributed by atoms with van der Waals surface area (Å²) in [5.74, 6) is -0.202. The quantitative estimate of drug-likeness (QED) is 0.248. The minimum Gasteiger partial charge on any atom is -0.396 e. The van der Waals surface area contributed by atoms with Crippen LogP contribution in [0.1, 0.15) is 11.1 Å². The molecule has 7 nitrogen and oxygen atoms in total. The van der Waals surface area contributed by atoms with Crippen molar-refractivity contribution in [2.75, 3.05) is 12.4 Å². The number of amides is 2. The van der Waals surface area contributed by atoms with Crippen LogP contribution >= 0.6 is 46.7 Å². The van der Waals surface area contributed by atoms with Crippen LogP contribution in [-0.4, -0.2) is 38.4 Å². The van der Waals surface area contributed by atoms with Crippen LogP contribution in [0, 0.1) is 10.1 Å². The maximum Gasteiger partial charge on any atom is 0.293 e. The van der Waals surface area contributed by atoms with Crippen molar-refractivity contribution in [2.24, 2.45) is 0 Å². The number of aliphatic hydroxyl groups is 1. The number of carbonyl (C=O) groups is 2. The predicted octanol–water partition coefficient (Wildman–Crippen LogP) is 5.22. The van der Waals surface area contributed by atoms with Crippen LogP contribution in [0.2, 0.25) is 10.0 Å². The van der Waals surface area contributed by atoms with Gasteiger partial charge in [-0.25, -0.2) is 0 Å². The summed E-state index contributed by atoms with van der Waals surface area (Å²) in [5.41, 5.74) is 0.742. The Hall–Kier alpha value is -2.04. The van der Waals surface area contributed by atoms with Gasteiger partial charge in [-0.3, -0.25) is 24.6 Å². The van der Waals surface area contributed by atoms with Gasteiger partial charge in [0, 0.05) is 27.4 Å². The first-order valence-corrected chi connectivity index (χ1v) is 11.1. The summed E-state index contributed by atoms with van der Waals surface area (Å²) >= 11 is 14.2. The van der Waals surface area contributed by atoms with Crippen LogP contribution < -0.4 is 0 Å². The number of halogens is 2. The van der Waals surface area contributed by atoms with Crippen LogP contribution in [0.25, 0.3) is 6.08 Å². The molecule has 0 spiro atoms. The van der Waals surface area contributed by atoms with Gasteiger partial charge in [0.2, 0.25) is 0 Å². The smallest absolute Gasteiger partial charge is 0.293 e. The van der Waals surface area contributed by atoms with Crippen molar-refractivity contribution in [1.82, 2.24) is 4.90 Å². The van der Waals surface area contributed by atoms with Crippen molar-refractivity contribution in [2.45, 2.75) is 11.4 Å². The zero-order valence-corrected chi connectivity index (χ0v) is 18.4. The molecular weight excluding hydrogens is 471 g/mol. The number of aliphatic hydroxyl groups excluding tert-OH is 1. The van der Waals surface area contributed by atoms with Gasteiger partial charge in [0.15, 0.2) is 0 Å². The highest BCUT2D eigenvalue weighted by atomic mass is 35.5. The molecule has 0 aromatic heterocycles. The lowest BCUT2D eigenvalue weighted by atomic mass is 10.1. The summed E-state index contributed by atoms with van der Waals surface area (Å²) in [7, 11) is 0. The summed E-state index contributed by atoms with van der Waals surface area (Å²) in [6.07, 6.45) is 1.44. The third kappa shape index (κ3) is 4.98. The highest BCUT2D eigenvalue weighted by Crippen LogP contribution is 2.37. The lowest BCUT2D eigenvalue weighted by Crippen LogP contribution is -2.27. The maximum atomic E-state index is 12.7. The van der Waals surface area contributed by atoms with Gasteiger partial charge in [-0.1, -0.05) is 35.3 Å². The van der Waals surface area contributed by atoms with E-state index < -0.39 is 16.1 Å². The fraction of sp³-hybridized carbons (Fsp3) is 0.158. The number of nitro groups is 1. The van der Waals surface area contributed by atoms with E-state index >= 15 is 0 Å². The Balaban J connectivity index is 1.86. The first-order valence-electron chi connectivity index (χ1n) is 8.52. The van der Waals surface area contributed by atoms with E-state index in [-0.39, 0.29) is 23.7 Å². The minimum absolute atomic E-state index is 0.0720. The third-order valence-corrected chi connectivity index (χ3v) is 6.74. The van der Waals surface area contributed by atoms with Crippen molar-refractivity contribution in [3.05, 3.63) is 72.6 Å². The lowest BCUT2D eigenvalue weighted by molar-refractivity contribution is -0.387. The summed E-state index contributed by atoms with van der Waals surface area (Å²) < 4.78 is 0. The number of imide groups is 1. The monoisotopic (exact) mass is 484 g/mol. The number of carbonyl (C=O) groups excluding carboxylic acids is 2. The first-order chi connectivity index (χ1) is 14.3. The Morgan fingerprint density at radius 2 is 1.90 bits per heavy atom. The molecule has 0 bridgehead atoms. The summed E-state index contributed by atoms with van der Waals surface area (Å²) in [5, 5.41) is 20.5. The fourth-order valence-electron chi connectivity index (χ4n) is 2.67. The second-order valence-corrected chi connectivity index (χ2v) is 8.97. The van der Waals surface area contributed by atoms with E-state index in [0.717, 1.165) is 28.4 Å². The number of nitro benzene ring substituents is 1. The number of thioether (sulfide) groups is 2. The Kier molecular flexibility index (Phi) is 7.43. The van der Waals surface area contributed by atoms with E-state index in [1.165, 1.54) is 12.1 Å². The first kappa shape index (κ1) is 22.6. The maximum absolute atomic E-state index is 12.7. The molecule has 2 aromatic rings. The number of benzene rings is 2. The highest BCUT2D eigenvalue weighted by molar-refractivity contribution is 8.18. The molecule has 0 atom stereocenters. The fourth-order valence-corrected chi connectivity index (χ4v) is 4.79. The van der Waals surface area contributed by atoms with E-state index in [0.29, 0.717) is 31.8 Å². The van der Waals surface area contributed by atoms with Gasteiger partial charge in [0.25, 0.3) is 16.8 Å². The lowest BCUT2D eigenvalue weighted by Gasteiger charge is -2.14. The molecule has 1 aliphatic rings. The van der Waals surface area contributed by atoms with Gasteiger partial charge in [0.1, 0.15) is 0 Å². The molecule has 0 aliphatic carbocycles. The molecule has 1 heterocycles. The topological polar surface area (TPSA) is 101 Å². The molecule has 1 N–H and O–H groups in total. The van der Waals surface area contributed by atoms with E-state index in [1.807, 2.05) is 0 Å².